The molecule has 0 aliphatic rings. The van der Waals surface area contributed by atoms with Gasteiger partial charge in [-0.05, 0) is 72.9 Å². The number of para-hydroxylation sites is 2. The van der Waals surface area contributed by atoms with Gasteiger partial charge in [0.25, 0.3) is 0 Å². The number of ketones is 2. The smallest absolute Gasteiger partial charge is 0.172 e. The van der Waals surface area contributed by atoms with Crippen LogP contribution in [0.2, 0.25) is 0 Å². The average Bonchev–Trinajstić information content (AvgIpc) is 4.06. The molecule has 6 aromatic carbocycles. The zero-order valence-electron chi connectivity index (χ0n) is 42.5. The van der Waals surface area contributed by atoms with Crippen LogP contribution in [0.4, 0.5) is 0 Å². The van der Waals surface area contributed by atoms with Gasteiger partial charge in [-0.25, -0.2) is 0 Å². The van der Waals surface area contributed by atoms with Gasteiger partial charge in [0.05, 0.1) is 0 Å². The highest BCUT2D eigenvalue weighted by molar-refractivity contribution is 6.11. The maximum Gasteiger partial charge on any atom is 0.172 e. The lowest BCUT2D eigenvalue weighted by Crippen LogP contribution is -2.13. The molecule has 352 valence electrons. The lowest BCUT2D eigenvalue weighted by atomic mass is 9.86. The summed E-state index contributed by atoms with van der Waals surface area (Å²) in [5.74, 6) is 0.168. The number of aryl methyl sites for hydroxylation is 2. The fraction of sp³-hybridized carbons (Fsp3) is 0.323. The Labute approximate surface area is 400 Å². The summed E-state index contributed by atoms with van der Waals surface area (Å²) in [6.45, 7) is 24.0. The predicted octanol–water partition coefficient (Wildman–Crippen LogP) is 18.5. The van der Waals surface area contributed by atoms with E-state index in [0.29, 0.717) is 0 Å². The molecule has 2 N–H and O–H groups in total. The Morgan fingerprint density at radius 2 is 0.636 bits per heavy atom. The third-order valence-electron chi connectivity index (χ3n) is 10.3. The highest BCUT2D eigenvalue weighted by Crippen LogP contribution is 2.31. The molecule has 4 nitrogen and oxygen atoms in total. The first-order chi connectivity index (χ1) is 32.7. The molecular weight excluding hydrogens is 805 g/mol. The van der Waals surface area contributed by atoms with E-state index in [1.54, 1.807) is 0 Å². The van der Waals surface area contributed by atoms with Crippen LogP contribution in [-0.4, -0.2) is 21.5 Å². The van der Waals surface area contributed by atoms with Crippen molar-refractivity contribution in [3.8, 4) is 0 Å². The van der Waals surface area contributed by atoms with Crippen molar-refractivity contribution < 1.29 is 9.59 Å². The molecule has 66 heavy (non-hydrogen) atoms. The molecule has 0 aliphatic heterocycles. The molecule has 8 aromatic rings. The van der Waals surface area contributed by atoms with Crippen LogP contribution in [0.3, 0.4) is 0 Å². The SMILES string of the molecule is CC.CC.CC.CC.CC.CC.O=C(c1c[nH]c2ccccc12)[C@@H](CCCc1ccccc1)c1ccccc1.O=C(c1c[nH]c2ccccc12)[C@H](CCCc1ccccc1)c1ccccc1. The van der Waals surface area contributed by atoms with E-state index in [9.17, 15) is 9.59 Å². The summed E-state index contributed by atoms with van der Waals surface area (Å²) < 4.78 is 0. The summed E-state index contributed by atoms with van der Waals surface area (Å²) in [7, 11) is 0. The number of carbonyl (C=O) groups excluding carboxylic acids is 2. The Bertz CT molecular complexity index is 2210. The molecule has 0 bridgehead atoms. The summed E-state index contributed by atoms with van der Waals surface area (Å²) in [6, 6.07) is 57.3. The average molecular weight is 887 g/mol. The van der Waals surface area contributed by atoms with E-state index in [4.69, 9.17) is 0 Å². The number of fused-ring (bicyclic) bond motifs is 2. The molecule has 2 aromatic heterocycles. The molecule has 0 unspecified atom stereocenters. The van der Waals surface area contributed by atoms with Crippen LogP contribution in [0.25, 0.3) is 21.8 Å². The van der Waals surface area contributed by atoms with Crippen LogP contribution >= 0.6 is 0 Å². The summed E-state index contributed by atoms with van der Waals surface area (Å²) >= 11 is 0. The van der Waals surface area contributed by atoms with E-state index in [0.717, 1.165) is 82.6 Å². The molecule has 0 aliphatic carbocycles. The van der Waals surface area contributed by atoms with Gasteiger partial charge >= 0.3 is 0 Å². The molecule has 0 amide bonds. The van der Waals surface area contributed by atoms with Gasteiger partial charge in [0.15, 0.2) is 11.6 Å². The first kappa shape index (κ1) is 57.8. The van der Waals surface area contributed by atoms with Crippen molar-refractivity contribution in [3.63, 3.8) is 0 Å². The Hall–Kier alpha value is -6.26. The van der Waals surface area contributed by atoms with E-state index in [2.05, 4.69) is 82.8 Å². The maximum atomic E-state index is 13.4. The number of nitrogens with one attached hydrogen (secondary N) is 2. The lowest BCUT2D eigenvalue weighted by Gasteiger charge is -2.16. The molecule has 0 spiro atoms. The highest BCUT2D eigenvalue weighted by atomic mass is 16.1. The monoisotopic (exact) mass is 887 g/mol. The molecular formula is C62H82N2O2. The van der Waals surface area contributed by atoms with E-state index < -0.39 is 0 Å². The van der Waals surface area contributed by atoms with Crippen molar-refractivity contribution in [2.75, 3.05) is 0 Å². The Morgan fingerprint density at radius 3 is 0.955 bits per heavy atom. The van der Waals surface area contributed by atoms with Gasteiger partial charge in [-0.15, -0.1) is 0 Å². The van der Waals surface area contributed by atoms with E-state index in [1.165, 1.54) is 11.1 Å². The second kappa shape index (κ2) is 36.0. The van der Waals surface area contributed by atoms with Gasteiger partial charge in [-0.2, -0.15) is 0 Å². The van der Waals surface area contributed by atoms with Crippen molar-refractivity contribution in [1.29, 1.82) is 0 Å². The standard InChI is InChI=1S/2C25H23NO.6C2H6/c2*27-25(23-18-26-24-17-8-7-15-22(23)24)21(20-13-5-2-6-14-20)16-9-12-19-10-3-1-4-11-19;6*1-2/h2*1-8,10-11,13-15,17-18,21,26H,9,12,16H2;6*1-2H3/t2*21-;;;;;;/m10....../s1. The normalized spacial score (nSPS) is 10.5. The molecule has 0 radical (unpaired) electrons. The number of carbonyl (C=O) groups is 2. The largest absolute Gasteiger partial charge is 0.360 e. The number of hydrogen-bond acceptors (Lipinski definition) is 2. The van der Waals surface area contributed by atoms with Crippen molar-refractivity contribution in [2.24, 2.45) is 0 Å². The van der Waals surface area contributed by atoms with Crippen molar-refractivity contribution >= 4 is 33.4 Å². The van der Waals surface area contributed by atoms with Gasteiger partial charge in [0, 0.05) is 57.2 Å². The summed E-state index contributed by atoms with van der Waals surface area (Å²) in [6.07, 6.45) is 9.36. The van der Waals surface area contributed by atoms with Crippen molar-refractivity contribution in [1.82, 2.24) is 9.97 Å². The number of rotatable bonds is 14. The predicted molar refractivity (Wildman–Crippen MR) is 290 cm³/mol. The third kappa shape index (κ3) is 18.0. The van der Waals surface area contributed by atoms with Crippen LogP contribution in [0.5, 0.6) is 0 Å². The molecule has 2 atom stereocenters. The lowest BCUT2D eigenvalue weighted by molar-refractivity contribution is 0.0948. The number of aromatic amines is 2. The number of Topliss-reactive ketones (excluding diaryl/α,β-unsaturated/α-hetero) is 2. The summed E-state index contributed by atoms with van der Waals surface area (Å²) in [5, 5.41) is 2.01. The molecule has 4 heteroatoms. The summed E-state index contributed by atoms with van der Waals surface area (Å²) in [4.78, 5) is 33.4. The minimum Gasteiger partial charge on any atom is -0.360 e. The minimum absolute atomic E-state index is 0.117. The quantitative estimate of drug-likeness (QED) is 0.107. The minimum atomic E-state index is -0.117. The first-order valence-electron chi connectivity index (χ1n) is 25.0. The molecule has 2 heterocycles. The Morgan fingerprint density at radius 1 is 0.364 bits per heavy atom. The number of aromatic nitrogens is 2. The van der Waals surface area contributed by atoms with E-state index >= 15 is 0 Å². The van der Waals surface area contributed by atoms with Gasteiger partial charge in [-0.1, -0.05) is 241 Å². The number of benzene rings is 6. The molecule has 0 fully saturated rings. The van der Waals surface area contributed by atoms with Gasteiger partial charge in [0.2, 0.25) is 0 Å². The Balaban J connectivity index is 0.000000539. The summed E-state index contributed by atoms with van der Waals surface area (Å²) in [5.41, 5.74) is 8.45. The van der Waals surface area contributed by atoms with Crippen molar-refractivity contribution in [2.45, 2.75) is 133 Å². The van der Waals surface area contributed by atoms with Gasteiger partial charge in [0.1, 0.15) is 0 Å². The van der Waals surface area contributed by atoms with Crippen LogP contribution in [0, 0.1) is 0 Å². The van der Waals surface area contributed by atoms with Crippen LogP contribution in [0.1, 0.15) is 164 Å². The first-order valence-corrected chi connectivity index (χ1v) is 25.0. The van der Waals surface area contributed by atoms with Crippen LogP contribution in [-0.2, 0) is 12.8 Å². The molecule has 0 saturated heterocycles. The zero-order chi connectivity index (χ0) is 49.0. The molecule has 8 rings (SSSR count). The van der Waals surface area contributed by atoms with Gasteiger partial charge < -0.3 is 9.97 Å². The molecule has 0 saturated carbocycles. The van der Waals surface area contributed by atoms with E-state index in [1.807, 2.05) is 193 Å². The van der Waals surface area contributed by atoms with Crippen LogP contribution < -0.4 is 0 Å². The Kier molecular flexibility index (Phi) is 31.5. The second-order valence-corrected chi connectivity index (χ2v) is 13.9. The topological polar surface area (TPSA) is 65.7 Å². The number of H-pyrrole nitrogens is 2. The second-order valence-electron chi connectivity index (χ2n) is 13.9. The van der Waals surface area contributed by atoms with Crippen LogP contribution in [0.15, 0.2) is 182 Å². The van der Waals surface area contributed by atoms with Gasteiger partial charge in [-0.3, -0.25) is 9.59 Å². The maximum absolute atomic E-state index is 13.4. The highest BCUT2D eigenvalue weighted by Gasteiger charge is 2.25. The van der Waals surface area contributed by atoms with Crippen molar-refractivity contribution in [3.05, 3.63) is 216 Å². The number of hydrogen-bond donors (Lipinski definition) is 2. The fourth-order valence-electron chi connectivity index (χ4n) is 7.51. The third-order valence-corrected chi connectivity index (χ3v) is 10.3. The van der Waals surface area contributed by atoms with E-state index in [-0.39, 0.29) is 23.4 Å². The zero-order valence-corrected chi connectivity index (χ0v) is 42.5. The fourth-order valence-corrected chi connectivity index (χ4v) is 7.51.